The van der Waals surface area contributed by atoms with Crippen LogP contribution >= 0.6 is 0 Å². The van der Waals surface area contributed by atoms with Gasteiger partial charge in [-0.1, -0.05) is 141 Å². The largest absolute Gasteiger partial charge is 0.309 e. The molecule has 0 aliphatic heterocycles. The lowest BCUT2D eigenvalue weighted by Crippen LogP contribution is -2.15. The van der Waals surface area contributed by atoms with Gasteiger partial charge in [-0.3, -0.25) is 9.55 Å². The second kappa shape index (κ2) is 10.2. The molecule has 0 radical (unpaired) electrons. The highest BCUT2D eigenvalue weighted by molar-refractivity contribution is 6.32. The van der Waals surface area contributed by atoms with Crippen LogP contribution in [0.25, 0.3) is 98.8 Å². The van der Waals surface area contributed by atoms with E-state index in [-0.39, 0.29) is 5.41 Å². The molecule has 0 unspecified atom stereocenters. The van der Waals surface area contributed by atoms with Gasteiger partial charge in [-0.2, -0.15) is 0 Å². The van der Waals surface area contributed by atoms with Crippen LogP contribution in [0, 0.1) is 0 Å². The predicted molar refractivity (Wildman–Crippen MR) is 221 cm³/mol. The van der Waals surface area contributed by atoms with Gasteiger partial charge in [0.25, 0.3) is 0 Å². The van der Waals surface area contributed by atoms with E-state index >= 15 is 0 Å². The molecule has 248 valence electrons. The van der Waals surface area contributed by atoms with Crippen LogP contribution in [0.4, 0.5) is 0 Å². The quantitative estimate of drug-likeness (QED) is 0.171. The number of hydrogen-bond acceptors (Lipinski definition) is 2. The van der Waals surface area contributed by atoms with Crippen molar-refractivity contribution in [2.75, 3.05) is 0 Å². The molecule has 0 saturated heterocycles. The van der Waals surface area contributed by atoms with Crippen molar-refractivity contribution in [2.24, 2.45) is 0 Å². The molecule has 12 rings (SSSR count). The molecule has 0 bridgehead atoms. The summed E-state index contributed by atoms with van der Waals surface area (Å²) in [6.07, 6.45) is 1.99. The number of fused-ring (bicyclic) bond motifs is 18. The third kappa shape index (κ3) is 3.60. The van der Waals surface area contributed by atoms with Crippen LogP contribution in [0.15, 0.2) is 158 Å². The van der Waals surface area contributed by atoms with Gasteiger partial charge in [-0.25, -0.2) is 4.98 Å². The third-order valence-corrected chi connectivity index (χ3v) is 11.9. The van der Waals surface area contributed by atoms with E-state index in [4.69, 9.17) is 9.97 Å². The molecule has 0 amide bonds. The number of nitrogens with zero attached hydrogens (tertiary/aromatic N) is 4. The highest BCUT2D eigenvalue weighted by Gasteiger charge is 2.41. The van der Waals surface area contributed by atoms with Crippen LogP contribution in [0.1, 0.15) is 25.0 Å². The molecule has 0 atom stereocenters. The lowest BCUT2D eigenvalue weighted by Gasteiger charge is -2.23. The molecule has 0 fully saturated rings. The van der Waals surface area contributed by atoms with E-state index in [1.54, 1.807) is 0 Å². The summed E-state index contributed by atoms with van der Waals surface area (Å²) in [7, 11) is 0. The Kier molecular flexibility index (Phi) is 5.54. The normalized spacial score (nSPS) is 13.6. The van der Waals surface area contributed by atoms with Gasteiger partial charge in [0.05, 0.1) is 39.3 Å². The highest BCUT2D eigenvalue weighted by atomic mass is 15.1. The summed E-state index contributed by atoms with van der Waals surface area (Å²) in [6, 6.07) is 54.8. The second-order valence-corrected chi connectivity index (χ2v) is 14.9. The molecule has 1 aliphatic carbocycles. The highest BCUT2D eigenvalue weighted by Crippen LogP contribution is 2.58. The van der Waals surface area contributed by atoms with Crippen molar-refractivity contribution >= 4 is 76.2 Å². The van der Waals surface area contributed by atoms with Crippen molar-refractivity contribution in [3.63, 3.8) is 0 Å². The second-order valence-electron chi connectivity index (χ2n) is 14.9. The lowest BCUT2D eigenvalue weighted by atomic mass is 9.80. The van der Waals surface area contributed by atoms with Crippen molar-refractivity contribution in [3.8, 4) is 22.6 Å². The Morgan fingerprint density at radius 1 is 0.472 bits per heavy atom. The molecule has 0 saturated carbocycles. The third-order valence-electron chi connectivity index (χ3n) is 11.9. The van der Waals surface area contributed by atoms with Gasteiger partial charge in [-0.05, 0) is 51.7 Å². The number of hydrogen-bond donors (Lipinski definition) is 0. The fraction of sp³-hybridized carbons (Fsp3) is 0.0612. The zero-order valence-electron chi connectivity index (χ0n) is 29.3. The Bertz CT molecular complexity index is 3330. The lowest BCUT2D eigenvalue weighted by molar-refractivity contribution is 0.667. The molecule has 3 aromatic heterocycles. The van der Waals surface area contributed by atoms with Crippen molar-refractivity contribution in [1.29, 1.82) is 0 Å². The van der Waals surface area contributed by atoms with Gasteiger partial charge in [0.2, 0.25) is 0 Å². The molecule has 0 spiro atoms. The summed E-state index contributed by atoms with van der Waals surface area (Å²) in [5.41, 5.74) is 12.7. The first-order chi connectivity index (χ1) is 26.1. The predicted octanol–water partition coefficient (Wildman–Crippen LogP) is 12.4. The molecule has 53 heavy (non-hydrogen) atoms. The van der Waals surface area contributed by atoms with Crippen molar-refractivity contribution in [1.82, 2.24) is 19.1 Å². The minimum Gasteiger partial charge on any atom is -0.309 e. The Hall–Kier alpha value is -6.78. The number of benzene rings is 8. The molecular formula is C49H32N4. The first-order valence-electron chi connectivity index (χ1n) is 18.4. The SMILES string of the molecule is CC1(C)c2ccccc2-c2c1c1c3ccccc3n(-c3ccccc3)c1c1c3ccccc3n(-c3cnc4c5ccccc5c5ccccc5c4n3)c21. The van der Waals surface area contributed by atoms with E-state index in [1.807, 2.05) is 6.20 Å². The van der Waals surface area contributed by atoms with Crippen LogP contribution in [0.2, 0.25) is 0 Å². The fourth-order valence-corrected chi connectivity index (χ4v) is 9.76. The molecule has 3 heterocycles. The Morgan fingerprint density at radius 3 is 1.74 bits per heavy atom. The van der Waals surface area contributed by atoms with E-state index in [0.29, 0.717) is 0 Å². The summed E-state index contributed by atoms with van der Waals surface area (Å²) in [5.74, 6) is 0.815. The minimum absolute atomic E-state index is 0.254. The minimum atomic E-state index is -0.254. The van der Waals surface area contributed by atoms with Gasteiger partial charge in [0.1, 0.15) is 0 Å². The van der Waals surface area contributed by atoms with E-state index in [2.05, 4.69) is 175 Å². The average molecular weight is 677 g/mol. The van der Waals surface area contributed by atoms with Crippen molar-refractivity contribution in [3.05, 3.63) is 169 Å². The van der Waals surface area contributed by atoms with Gasteiger partial charge in [0.15, 0.2) is 5.82 Å². The molecule has 0 N–H and O–H groups in total. The molecule has 11 aromatic rings. The van der Waals surface area contributed by atoms with E-state index < -0.39 is 0 Å². The fourth-order valence-electron chi connectivity index (χ4n) is 9.76. The van der Waals surface area contributed by atoms with Gasteiger partial charge in [-0.15, -0.1) is 0 Å². The van der Waals surface area contributed by atoms with Gasteiger partial charge >= 0.3 is 0 Å². The van der Waals surface area contributed by atoms with Crippen molar-refractivity contribution < 1.29 is 0 Å². The van der Waals surface area contributed by atoms with Crippen LogP contribution in [0.3, 0.4) is 0 Å². The number of rotatable bonds is 2. The zero-order valence-corrected chi connectivity index (χ0v) is 29.3. The van der Waals surface area contributed by atoms with Crippen LogP contribution in [-0.2, 0) is 5.41 Å². The topological polar surface area (TPSA) is 35.6 Å². The van der Waals surface area contributed by atoms with Crippen LogP contribution in [-0.4, -0.2) is 19.1 Å². The first-order valence-corrected chi connectivity index (χ1v) is 18.4. The summed E-state index contributed by atoms with van der Waals surface area (Å²) in [4.78, 5) is 10.9. The Morgan fingerprint density at radius 2 is 1.02 bits per heavy atom. The Balaban J connectivity index is 1.35. The maximum atomic E-state index is 5.61. The maximum Gasteiger partial charge on any atom is 0.156 e. The maximum absolute atomic E-state index is 5.61. The monoisotopic (exact) mass is 676 g/mol. The molecule has 4 heteroatoms. The molecular weight excluding hydrogens is 645 g/mol. The average Bonchev–Trinajstić information content (AvgIpc) is 3.81. The van der Waals surface area contributed by atoms with Gasteiger partial charge in [0, 0.05) is 49.0 Å². The molecule has 4 nitrogen and oxygen atoms in total. The zero-order chi connectivity index (χ0) is 35.0. The van der Waals surface area contributed by atoms with Crippen LogP contribution in [0.5, 0.6) is 0 Å². The Labute approximate surface area is 305 Å². The summed E-state index contributed by atoms with van der Waals surface area (Å²) >= 11 is 0. The standard InChI is InChI=1S/C49H32N4/c1-49(2)37-25-13-10-22-34(37)41-44(49)42-35-23-11-14-26-38(35)52(29-16-4-3-5-17-29)47(42)43-36-24-12-15-27-39(36)53(48(41)43)40-28-50-45-32-20-8-6-18-30(32)31-19-7-9-21-33(31)46(45)51-40/h3-28H,1-2H3. The van der Waals surface area contributed by atoms with E-state index in [0.717, 1.165) is 38.8 Å². The molecule has 1 aliphatic rings. The number of aromatic nitrogens is 4. The van der Waals surface area contributed by atoms with Crippen LogP contribution < -0.4 is 0 Å². The summed E-state index contributed by atoms with van der Waals surface area (Å²) < 4.78 is 4.90. The summed E-state index contributed by atoms with van der Waals surface area (Å²) in [6.45, 7) is 4.80. The summed E-state index contributed by atoms with van der Waals surface area (Å²) in [5, 5.41) is 9.63. The first kappa shape index (κ1) is 28.9. The number of para-hydroxylation sites is 3. The smallest absolute Gasteiger partial charge is 0.156 e. The van der Waals surface area contributed by atoms with Gasteiger partial charge < -0.3 is 4.57 Å². The molecule has 8 aromatic carbocycles. The van der Waals surface area contributed by atoms with Crippen molar-refractivity contribution in [2.45, 2.75) is 19.3 Å². The van der Waals surface area contributed by atoms with E-state index in [1.165, 1.54) is 71.1 Å². The van der Waals surface area contributed by atoms with E-state index in [9.17, 15) is 0 Å².